The Morgan fingerprint density at radius 2 is 1.82 bits per heavy atom. The molecule has 2 unspecified atom stereocenters. The Morgan fingerprint density at radius 1 is 1.03 bits per heavy atom. The quantitative estimate of drug-likeness (QED) is 0.551. The Hall–Kier alpha value is -2.92. The highest BCUT2D eigenvalue weighted by atomic mass is 16.5. The van der Waals surface area contributed by atoms with Crippen molar-refractivity contribution in [2.75, 3.05) is 6.61 Å². The molecule has 3 aliphatic rings. The molecule has 5 heteroatoms. The van der Waals surface area contributed by atoms with Gasteiger partial charge < -0.3 is 14.4 Å². The fourth-order valence-corrected chi connectivity index (χ4v) is 6.03. The van der Waals surface area contributed by atoms with E-state index in [1.54, 1.807) is 0 Å². The number of aromatic nitrogens is 1. The van der Waals surface area contributed by atoms with Crippen molar-refractivity contribution in [3.05, 3.63) is 60.3 Å². The highest BCUT2D eigenvalue weighted by Crippen LogP contribution is 2.39. The lowest BCUT2D eigenvalue weighted by molar-refractivity contribution is -0.147. The van der Waals surface area contributed by atoms with Crippen molar-refractivity contribution in [2.24, 2.45) is 0 Å². The maximum atomic E-state index is 13.0. The number of carbonyl (C=O) groups excluding carboxylic acids is 1. The summed E-state index contributed by atoms with van der Waals surface area (Å²) < 4.78 is 12.1. The van der Waals surface area contributed by atoms with E-state index in [0.29, 0.717) is 0 Å². The van der Waals surface area contributed by atoms with Crippen LogP contribution in [0.15, 0.2) is 54.7 Å². The molecule has 6 rings (SSSR count). The van der Waals surface area contributed by atoms with Gasteiger partial charge in [0.15, 0.2) is 0 Å². The zero-order valence-corrected chi connectivity index (χ0v) is 19.1. The van der Waals surface area contributed by atoms with E-state index in [1.165, 1.54) is 16.7 Å². The number of fused-ring (bicyclic) bond motifs is 3. The number of nitrogens with zero attached hydrogens (tertiary/aromatic N) is 2. The number of hydrogen-bond acceptors (Lipinski definition) is 4. The second kappa shape index (κ2) is 8.45. The number of piperidine rings is 1. The molecule has 3 aliphatic heterocycles. The van der Waals surface area contributed by atoms with Gasteiger partial charge in [-0.3, -0.25) is 9.78 Å². The summed E-state index contributed by atoms with van der Waals surface area (Å²) in [5.41, 5.74) is 4.62. The van der Waals surface area contributed by atoms with Crippen LogP contribution in [0.1, 0.15) is 44.1 Å². The van der Waals surface area contributed by atoms with Gasteiger partial charge in [-0.1, -0.05) is 30.3 Å². The van der Waals surface area contributed by atoms with Crippen molar-refractivity contribution in [2.45, 2.75) is 69.7 Å². The maximum absolute atomic E-state index is 13.0. The van der Waals surface area contributed by atoms with Crippen molar-refractivity contribution in [1.29, 1.82) is 0 Å². The van der Waals surface area contributed by atoms with Gasteiger partial charge >= 0.3 is 0 Å². The van der Waals surface area contributed by atoms with Gasteiger partial charge in [0.05, 0.1) is 5.52 Å². The highest BCUT2D eigenvalue weighted by molar-refractivity contribution is 5.88. The summed E-state index contributed by atoms with van der Waals surface area (Å²) in [5, 5.41) is 1.16. The molecule has 2 bridgehead atoms. The summed E-state index contributed by atoms with van der Waals surface area (Å²) in [4.78, 5) is 19.7. The van der Waals surface area contributed by atoms with Crippen LogP contribution in [-0.2, 0) is 9.53 Å². The van der Waals surface area contributed by atoms with Crippen LogP contribution >= 0.6 is 0 Å². The van der Waals surface area contributed by atoms with Gasteiger partial charge in [0.2, 0.25) is 0 Å². The van der Waals surface area contributed by atoms with Gasteiger partial charge in [-0.05, 0) is 67.5 Å². The van der Waals surface area contributed by atoms with E-state index in [4.69, 9.17) is 9.47 Å². The third kappa shape index (κ3) is 3.78. The molecule has 170 valence electrons. The van der Waals surface area contributed by atoms with Crippen LogP contribution in [0.25, 0.3) is 22.0 Å². The Balaban J connectivity index is 1.14. The second-order valence-corrected chi connectivity index (χ2v) is 9.68. The fourth-order valence-electron chi connectivity index (χ4n) is 6.03. The van der Waals surface area contributed by atoms with Crippen LogP contribution in [0, 0.1) is 6.92 Å². The number of rotatable bonds is 4. The van der Waals surface area contributed by atoms with Gasteiger partial charge in [-0.15, -0.1) is 0 Å². The summed E-state index contributed by atoms with van der Waals surface area (Å²) in [5.74, 6) is 1.11. The van der Waals surface area contributed by atoms with Gasteiger partial charge in [-0.2, -0.15) is 0 Å². The summed E-state index contributed by atoms with van der Waals surface area (Å²) in [6, 6.07) is 17.4. The Bertz CT molecular complexity index is 1160. The molecule has 33 heavy (non-hydrogen) atoms. The smallest absolute Gasteiger partial charge is 0.252 e. The van der Waals surface area contributed by atoms with Crippen molar-refractivity contribution in [3.63, 3.8) is 0 Å². The maximum Gasteiger partial charge on any atom is 0.252 e. The standard InChI is InChI=1S/C28H30N2O3/c1-18-25(13-8-20-4-2-14-29-27(18)20)19-6-11-23(12-7-19)33-24-16-21-9-10-22(17-24)30(21)28(31)26-5-3-15-32-26/h2,4,6-8,11-14,21-22,24,26H,3,5,9-10,15-17H2,1H3/t21?,22?,24?,26-/m1/s1. The molecule has 0 spiro atoms. The van der Waals surface area contributed by atoms with E-state index in [-0.39, 0.29) is 30.2 Å². The van der Waals surface area contributed by atoms with Gasteiger partial charge in [0, 0.05) is 43.1 Å². The number of carbonyl (C=O) groups is 1. The largest absolute Gasteiger partial charge is 0.490 e. The van der Waals surface area contributed by atoms with Crippen molar-refractivity contribution >= 4 is 16.8 Å². The van der Waals surface area contributed by atoms with E-state index >= 15 is 0 Å². The molecule has 3 saturated heterocycles. The molecule has 1 aromatic heterocycles. The lowest BCUT2D eigenvalue weighted by atomic mass is 9.97. The van der Waals surface area contributed by atoms with E-state index < -0.39 is 0 Å². The van der Waals surface area contributed by atoms with Crippen LogP contribution < -0.4 is 4.74 Å². The number of ether oxygens (including phenoxy) is 2. The van der Waals surface area contributed by atoms with Crippen LogP contribution in [0.4, 0.5) is 0 Å². The fraction of sp³-hybridized carbons (Fsp3) is 0.429. The Labute approximate surface area is 194 Å². The first-order chi connectivity index (χ1) is 16.2. The van der Waals surface area contributed by atoms with E-state index in [0.717, 1.165) is 61.8 Å². The zero-order chi connectivity index (χ0) is 22.4. The third-order valence-corrected chi connectivity index (χ3v) is 7.65. The predicted octanol–water partition coefficient (Wildman–Crippen LogP) is 5.29. The Morgan fingerprint density at radius 3 is 2.55 bits per heavy atom. The molecular weight excluding hydrogens is 412 g/mol. The van der Waals surface area contributed by atoms with E-state index in [1.807, 2.05) is 12.3 Å². The van der Waals surface area contributed by atoms with Gasteiger partial charge in [0.25, 0.3) is 5.91 Å². The summed E-state index contributed by atoms with van der Waals surface area (Å²) >= 11 is 0. The van der Waals surface area contributed by atoms with E-state index in [2.05, 4.69) is 59.3 Å². The molecule has 2 aromatic carbocycles. The van der Waals surface area contributed by atoms with Crippen molar-refractivity contribution in [1.82, 2.24) is 9.88 Å². The first-order valence-corrected chi connectivity index (χ1v) is 12.2. The molecule has 3 fully saturated rings. The summed E-state index contributed by atoms with van der Waals surface area (Å²) in [6.07, 6.45) is 7.64. The molecular formula is C28H30N2O3. The molecule has 3 atom stereocenters. The second-order valence-electron chi connectivity index (χ2n) is 9.68. The minimum Gasteiger partial charge on any atom is -0.490 e. The van der Waals surface area contributed by atoms with Crippen LogP contribution in [-0.4, -0.2) is 46.7 Å². The minimum atomic E-state index is -0.216. The number of pyridine rings is 1. The molecule has 0 radical (unpaired) electrons. The lowest BCUT2D eigenvalue weighted by Gasteiger charge is -2.39. The molecule has 0 N–H and O–H groups in total. The van der Waals surface area contributed by atoms with Gasteiger partial charge in [-0.25, -0.2) is 0 Å². The normalized spacial score (nSPS) is 26.6. The zero-order valence-electron chi connectivity index (χ0n) is 19.1. The van der Waals surface area contributed by atoms with Crippen LogP contribution in [0.5, 0.6) is 5.75 Å². The average molecular weight is 443 g/mol. The average Bonchev–Trinajstić information content (AvgIpc) is 3.47. The van der Waals surface area contributed by atoms with Gasteiger partial charge in [0.1, 0.15) is 18.0 Å². The van der Waals surface area contributed by atoms with Crippen LogP contribution in [0.2, 0.25) is 0 Å². The Kier molecular flexibility index (Phi) is 5.30. The first-order valence-electron chi connectivity index (χ1n) is 12.2. The third-order valence-electron chi connectivity index (χ3n) is 7.65. The molecule has 5 nitrogen and oxygen atoms in total. The predicted molar refractivity (Wildman–Crippen MR) is 128 cm³/mol. The molecule has 0 saturated carbocycles. The van der Waals surface area contributed by atoms with Crippen molar-refractivity contribution < 1.29 is 14.3 Å². The first kappa shape index (κ1) is 20.7. The summed E-state index contributed by atoms with van der Waals surface area (Å²) in [7, 11) is 0. The number of aryl methyl sites for hydroxylation is 1. The molecule has 3 aromatic rings. The lowest BCUT2D eigenvalue weighted by Crippen LogP contribution is -2.52. The van der Waals surface area contributed by atoms with Crippen molar-refractivity contribution in [3.8, 4) is 16.9 Å². The number of benzene rings is 2. The number of amides is 1. The monoisotopic (exact) mass is 442 g/mol. The SMILES string of the molecule is Cc1c(-c2ccc(OC3CC4CCC(C3)N4C(=O)[C@H]3CCCO3)cc2)ccc2cccnc12. The topological polar surface area (TPSA) is 51.7 Å². The van der Waals surface area contributed by atoms with Crippen LogP contribution in [0.3, 0.4) is 0 Å². The summed E-state index contributed by atoms with van der Waals surface area (Å²) in [6.45, 7) is 2.85. The molecule has 0 aliphatic carbocycles. The number of hydrogen-bond donors (Lipinski definition) is 0. The van der Waals surface area contributed by atoms with E-state index in [9.17, 15) is 4.79 Å². The molecule has 1 amide bonds. The molecule has 4 heterocycles. The minimum absolute atomic E-state index is 0.161. The highest BCUT2D eigenvalue weighted by Gasteiger charge is 2.46.